The standard InChI is InChI=1S/C20H18N2O2S3/c1-13(23)17-12-26-19(22-17)20-21-16-8-7-14(11-18(16)27-20)24-9-10-25-15-5-3-2-4-6-15/h2-8,11,17H,9-10,12H2,1H3. The summed E-state index contributed by atoms with van der Waals surface area (Å²) in [6, 6.07) is 16.1. The van der Waals surface area contributed by atoms with Crippen molar-refractivity contribution in [3.8, 4) is 5.75 Å². The minimum atomic E-state index is -0.224. The number of aliphatic imine (C=N–C) groups is 1. The van der Waals surface area contributed by atoms with Gasteiger partial charge in [0.1, 0.15) is 21.8 Å². The Balaban J connectivity index is 1.39. The van der Waals surface area contributed by atoms with Gasteiger partial charge in [0.15, 0.2) is 5.78 Å². The molecule has 0 saturated heterocycles. The number of thioether (sulfide) groups is 2. The molecule has 2 heterocycles. The zero-order valence-electron chi connectivity index (χ0n) is 14.8. The highest BCUT2D eigenvalue weighted by Crippen LogP contribution is 2.31. The van der Waals surface area contributed by atoms with Gasteiger partial charge in [-0.2, -0.15) is 0 Å². The summed E-state index contributed by atoms with van der Waals surface area (Å²) in [5, 5.41) is 1.76. The zero-order chi connectivity index (χ0) is 18.6. The topological polar surface area (TPSA) is 51.5 Å². The molecule has 0 fully saturated rings. The summed E-state index contributed by atoms with van der Waals surface area (Å²) in [6.07, 6.45) is 0. The summed E-state index contributed by atoms with van der Waals surface area (Å²) in [5.74, 6) is 2.58. The quantitative estimate of drug-likeness (QED) is 0.406. The first-order valence-corrected chi connectivity index (χ1v) is 11.4. The summed E-state index contributed by atoms with van der Waals surface area (Å²) in [4.78, 5) is 21.9. The van der Waals surface area contributed by atoms with Crippen molar-refractivity contribution in [1.29, 1.82) is 0 Å². The first-order chi connectivity index (χ1) is 13.2. The summed E-state index contributed by atoms with van der Waals surface area (Å²) in [5.41, 5.74) is 0.940. The Morgan fingerprint density at radius 1 is 1.26 bits per heavy atom. The third-order valence-corrected chi connectivity index (χ3v) is 7.21. The molecule has 0 saturated carbocycles. The largest absolute Gasteiger partial charge is 0.493 e. The molecule has 138 valence electrons. The Morgan fingerprint density at radius 2 is 2.11 bits per heavy atom. The van der Waals surface area contributed by atoms with E-state index < -0.39 is 0 Å². The van der Waals surface area contributed by atoms with E-state index in [0.717, 1.165) is 31.8 Å². The molecule has 3 aromatic rings. The summed E-state index contributed by atoms with van der Waals surface area (Å²) < 4.78 is 6.97. The first-order valence-electron chi connectivity index (χ1n) is 8.62. The monoisotopic (exact) mass is 414 g/mol. The number of Topliss-reactive ketones (excluding diaryl/α,β-unsaturated/α-hetero) is 1. The molecule has 0 radical (unpaired) electrons. The van der Waals surface area contributed by atoms with Crippen molar-refractivity contribution in [2.45, 2.75) is 17.9 Å². The number of carbonyl (C=O) groups is 1. The third kappa shape index (κ3) is 4.54. The number of benzene rings is 2. The van der Waals surface area contributed by atoms with Gasteiger partial charge in [0, 0.05) is 16.4 Å². The van der Waals surface area contributed by atoms with Crippen LogP contribution in [-0.4, -0.2) is 40.0 Å². The van der Waals surface area contributed by atoms with E-state index in [4.69, 9.17) is 4.74 Å². The van der Waals surface area contributed by atoms with Crippen molar-refractivity contribution in [3.63, 3.8) is 0 Å². The summed E-state index contributed by atoms with van der Waals surface area (Å²) >= 11 is 4.99. The minimum Gasteiger partial charge on any atom is -0.493 e. The maximum absolute atomic E-state index is 11.5. The minimum absolute atomic E-state index is 0.114. The van der Waals surface area contributed by atoms with E-state index in [0.29, 0.717) is 12.4 Å². The lowest BCUT2D eigenvalue weighted by Crippen LogP contribution is -2.14. The summed E-state index contributed by atoms with van der Waals surface area (Å²) in [7, 11) is 0. The lowest BCUT2D eigenvalue weighted by molar-refractivity contribution is -0.117. The molecule has 1 atom stereocenters. The Bertz CT molecular complexity index is 985. The first kappa shape index (κ1) is 18.5. The van der Waals surface area contributed by atoms with Gasteiger partial charge in [0.25, 0.3) is 0 Å². The van der Waals surface area contributed by atoms with Crippen molar-refractivity contribution in [1.82, 2.24) is 4.98 Å². The van der Waals surface area contributed by atoms with Crippen LogP contribution in [0.15, 0.2) is 58.4 Å². The van der Waals surface area contributed by atoms with E-state index >= 15 is 0 Å². The van der Waals surface area contributed by atoms with Crippen LogP contribution in [-0.2, 0) is 4.79 Å². The van der Waals surface area contributed by atoms with Crippen molar-refractivity contribution in [3.05, 3.63) is 53.5 Å². The third-order valence-electron chi connectivity index (χ3n) is 4.03. The highest BCUT2D eigenvalue weighted by atomic mass is 32.2. The molecular weight excluding hydrogens is 396 g/mol. The second kappa shape index (κ2) is 8.46. The van der Waals surface area contributed by atoms with E-state index in [1.807, 2.05) is 36.4 Å². The van der Waals surface area contributed by atoms with Crippen LogP contribution in [0.5, 0.6) is 5.75 Å². The fraction of sp³-hybridized carbons (Fsp3) is 0.250. The lowest BCUT2D eigenvalue weighted by Gasteiger charge is -2.05. The van der Waals surface area contributed by atoms with Gasteiger partial charge in [-0.15, -0.1) is 34.9 Å². The number of aromatic nitrogens is 1. The summed E-state index contributed by atoms with van der Waals surface area (Å²) in [6.45, 7) is 2.25. The van der Waals surface area contributed by atoms with Gasteiger partial charge in [-0.05, 0) is 37.3 Å². The van der Waals surface area contributed by atoms with Crippen LogP contribution < -0.4 is 4.74 Å². The van der Waals surface area contributed by atoms with E-state index in [-0.39, 0.29) is 11.8 Å². The van der Waals surface area contributed by atoms with E-state index in [9.17, 15) is 4.79 Å². The smallest absolute Gasteiger partial charge is 0.155 e. The van der Waals surface area contributed by atoms with Crippen LogP contribution >= 0.6 is 34.9 Å². The van der Waals surface area contributed by atoms with E-state index in [1.165, 1.54) is 4.90 Å². The number of rotatable bonds is 7. The highest BCUT2D eigenvalue weighted by Gasteiger charge is 2.24. The van der Waals surface area contributed by atoms with Crippen LogP contribution in [0, 0.1) is 0 Å². The Labute approximate surface area is 170 Å². The van der Waals surface area contributed by atoms with Gasteiger partial charge < -0.3 is 4.74 Å². The highest BCUT2D eigenvalue weighted by molar-refractivity contribution is 8.15. The van der Waals surface area contributed by atoms with Gasteiger partial charge in [-0.3, -0.25) is 9.79 Å². The molecule has 7 heteroatoms. The predicted molar refractivity (Wildman–Crippen MR) is 116 cm³/mol. The molecule has 1 aliphatic rings. The van der Waals surface area contributed by atoms with Crippen molar-refractivity contribution in [2.24, 2.45) is 4.99 Å². The Kier molecular flexibility index (Phi) is 5.80. The molecule has 4 nitrogen and oxygen atoms in total. The number of ketones is 1. The molecule has 0 spiro atoms. The molecule has 0 amide bonds. The van der Waals surface area contributed by atoms with Gasteiger partial charge in [0.05, 0.1) is 16.8 Å². The molecular formula is C20H18N2O2S3. The van der Waals surface area contributed by atoms with Crippen molar-refractivity contribution < 1.29 is 9.53 Å². The van der Waals surface area contributed by atoms with Crippen LogP contribution in [0.3, 0.4) is 0 Å². The molecule has 1 unspecified atom stereocenters. The fourth-order valence-electron chi connectivity index (χ4n) is 2.62. The maximum Gasteiger partial charge on any atom is 0.155 e. The molecule has 1 aliphatic heterocycles. The molecule has 2 aromatic carbocycles. The maximum atomic E-state index is 11.5. The van der Waals surface area contributed by atoms with Crippen LogP contribution in [0.25, 0.3) is 10.2 Å². The molecule has 4 rings (SSSR count). The van der Waals surface area contributed by atoms with Crippen LogP contribution in [0.2, 0.25) is 0 Å². The Hall–Kier alpha value is -1.83. The second-order valence-corrected chi connectivity index (χ2v) is 9.24. The molecule has 27 heavy (non-hydrogen) atoms. The second-order valence-electron chi connectivity index (χ2n) is 6.03. The SMILES string of the molecule is CC(=O)C1CSC(c2nc3ccc(OCCSc4ccccc4)cc3s2)=N1. The zero-order valence-corrected chi connectivity index (χ0v) is 17.2. The van der Waals surface area contributed by atoms with Crippen molar-refractivity contribution >= 4 is 55.9 Å². The molecule has 0 aliphatic carbocycles. The van der Waals surface area contributed by atoms with Crippen LogP contribution in [0.4, 0.5) is 0 Å². The van der Waals surface area contributed by atoms with Gasteiger partial charge in [-0.1, -0.05) is 18.2 Å². The fourth-order valence-corrected chi connectivity index (χ4v) is 5.56. The van der Waals surface area contributed by atoms with E-state index in [2.05, 4.69) is 22.1 Å². The number of thiazole rings is 1. The predicted octanol–water partition coefficient (Wildman–Crippen LogP) is 4.92. The van der Waals surface area contributed by atoms with Gasteiger partial charge in [-0.25, -0.2) is 4.98 Å². The molecule has 0 bridgehead atoms. The molecule has 0 N–H and O–H groups in total. The number of hydrogen-bond donors (Lipinski definition) is 0. The average molecular weight is 415 g/mol. The number of hydrogen-bond acceptors (Lipinski definition) is 7. The van der Waals surface area contributed by atoms with E-state index in [1.54, 1.807) is 41.8 Å². The van der Waals surface area contributed by atoms with Gasteiger partial charge in [0.2, 0.25) is 0 Å². The normalized spacial score (nSPS) is 16.5. The molecule has 1 aromatic heterocycles. The number of fused-ring (bicyclic) bond motifs is 1. The average Bonchev–Trinajstić information content (AvgIpc) is 3.32. The number of ether oxygens (including phenoxy) is 1. The van der Waals surface area contributed by atoms with Crippen molar-refractivity contribution in [2.75, 3.05) is 18.1 Å². The van der Waals surface area contributed by atoms with Gasteiger partial charge >= 0.3 is 0 Å². The number of nitrogens with zero attached hydrogens (tertiary/aromatic N) is 2. The van der Waals surface area contributed by atoms with Crippen LogP contribution in [0.1, 0.15) is 11.9 Å². The lowest BCUT2D eigenvalue weighted by atomic mass is 10.2. The number of carbonyl (C=O) groups excluding carboxylic acids is 1. The Morgan fingerprint density at radius 3 is 2.89 bits per heavy atom.